The molecule has 0 bridgehead atoms. The standard InChI is InChI=1S/C22H25FN8/c1-22(2,3)12-27-17-18(24)28-20(29-19(17)25)16-14-8-6-10-26-21(14)31(30-16)11-13-7-4-5-9-15(13)23/h4-10,27H,11-12H2,1-3H3,(H4,24,25,28,29). The molecule has 3 aromatic heterocycles. The van der Waals surface area contributed by atoms with Crippen LogP contribution in [0.4, 0.5) is 21.7 Å². The topological polar surface area (TPSA) is 121 Å². The maximum Gasteiger partial charge on any atom is 0.184 e. The largest absolute Gasteiger partial charge is 0.382 e. The minimum Gasteiger partial charge on any atom is -0.382 e. The van der Waals surface area contributed by atoms with Crippen LogP contribution in [0.1, 0.15) is 26.3 Å². The lowest BCUT2D eigenvalue weighted by Crippen LogP contribution is -2.21. The van der Waals surface area contributed by atoms with Crippen LogP contribution in [0.25, 0.3) is 22.6 Å². The fraction of sp³-hybridized carbons (Fsp3) is 0.273. The number of hydrogen-bond acceptors (Lipinski definition) is 7. The number of hydrogen-bond donors (Lipinski definition) is 3. The summed E-state index contributed by atoms with van der Waals surface area (Å²) in [5.74, 6) is 0.476. The lowest BCUT2D eigenvalue weighted by Gasteiger charge is -2.20. The van der Waals surface area contributed by atoms with E-state index in [1.165, 1.54) is 6.07 Å². The van der Waals surface area contributed by atoms with E-state index in [1.807, 2.05) is 6.07 Å². The predicted molar refractivity (Wildman–Crippen MR) is 121 cm³/mol. The first-order valence-corrected chi connectivity index (χ1v) is 9.95. The Kier molecular flexibility index (Phi) is 5.18. The normalized spacial score (nSPS) is 11.7. The van der Waals surface area contributed by atoms with Gasteiger partial charge in [0.15, 0.2) is 23.1 Å². The maximum absolute atomic E-state index is 14.2. The third-order valence-corrected chi connectivity index (χ3v) is 4.76. The molecule has 4 aromatic rings. The van der Waals surface area contributed by atoms with Crippen LogP contribution in [0.5, 0.6) is 0 Å². The van der Waals surface area contributed by atoms with Gasteiger partial charge in [0.05, 0.1) is 11.9 Å². The van der Waals surface area contributed by atoms with Crippen molar-refractivity contribution in [2.45, 2.75) is 27.3 Å². The van der Waals surface area contributed by atoms with Crippen LogP contribution in [0.15, 0.2) is 42.6 Å². The molecule has 0 atom stereocenters. The summed E-state index contributed by atoms with van der Waals surface area (Å²) in [5, 5.41) is 8.58. The Hall–Kier alpha value is -3.75. The number of nitrogens with one attached hydrogen (secondary N) is 1. The van der Waals surface area contributed by atoms with Gasteiger partial charge in [0.1, 0.15) is 17.2 Å². The zero-order valence-corrected chi connectivity index (χ0v) is 17.7. The van der Waals surface area contributed by atoms with Crippen molar-refractivity contribution in [3.8, 4) is 11.5 Å². The number of nitrogens with two attached hydrogens (primary N) is 2. The molecule has 4 rings (SSSR count). The van der Waals surface area contributed by atoms with E-state index in [1.54, 1.807) is 35.1 Å². The number of nitrogen functional groups attached to an aromatic ring is 2. The van der Waals surface area contributed by atoms with Crippen LogP contribution in [-0.2, 0) is 6.54 Å². The summed E-state index contributed by atoms with van der Waals surface area (Å²) in [6.07, 6.45) is 1.66. The zero-order valence-electron chi connectivity index (χ0n) is 17.7. The van der Waals surface area contributed by atoms with Crippen molar-refractivity contribution >= 4 is 28.4 Å². The van der Waals surface area contributed by atoms with Crippen molar-refractivity contribution in [3.63, 3.8) is 0 Å². The van der Waals surface area contributed by atoms with Crippen molar-refractivity contribution in [2.24, 2.45) is 5.41 Å². The van der Waals surface area contributed by atoms with Crippen LogP contribution in [0, 0.1) is 11.2 Å². The molecule has 0 saturated carbocycles. The van der Waals surface area contributed by atoms with Crippen molar-refractivity contribution < 1.29 is 4.39 Å². The molecule has 0 amide bonds. The van der Waals surface area contributed by atoms with Crippen molar-refractivity contribution in [3.05, 3.63) is 54.0 Å². The predicted octanol–water partition coefficient (Wildman–Crippen LogP) is 3.70. The minimum absolute atomic E-state index is 0.0326. The van der Waals surface area contributed by atoms with Gasteiger partial charge in [-0.2, -0.15) is 5.10 Å². The molecule has 1 aromatic carbocycles. The maximum atomic E-state index is 14.2. The number of halogens is 1. The SMILES string of the molecule is CC(C)(C)CNc1c(N)nc(-c2nn(Cc3ccccc3F)c3ncccc23)nc1N. The number of pyridine rings is 1. The molecule has 0 spiro atoms. The summed E-state index contributed by atoms with van der Waals surface area (Å²) < 4.78 is 15.8. The molecular formula is C22H25FN8. The van der Waals surface area contributed by atoms with E-state index in [0.29, 0.717) is 35.0 Å². The van der Waals surface area contributed by atoms with Gasteiger partial charge in [0.25, 0.3) is 0 Å². The van der Waals surface area contributed by atoms with E-state index in [9.17, 15) is 4.39 Å². The van der Waals surface area contributed by atoms with Crippen molar-refractivity contribution in [2.75, 3.05) is 23.3 Å². The first-order chi connectivity index (χ1) is 14.7. The summed E-state index contributed by atoms with van der Waals surface area (Å²) in [4.78, 5) is 13.3. The molecule has 0 radical (unpaired) electrons. The number of nitrogens with zero attached hydrogens (tertiary/aromatic N) is 5. The highest BCUT2D eigenvalue weighted by molar-refractivity contribution is 5.90. The van der Waals surface area contributed by atoms with E-state index in [4.69, 9.17) is 11.5 Å². The van der Waals surface area contributed by atoms with Gasteiger partial charge in [0.2, 0.25) is 0 Å². The number of benzene rings is 1. The molecule has 0 saturated heterocycles. The second kappa shape index (κ2) is 7.82. The van der Waals surface area contributed by atoms with Crippen molar-refractivity contribution in [1.82, 2.24) is 24.7 Å². The van der Waals surface area contributed by atoms with Crippen LogP contribution in [0.3, 0.4) is 0 Å². The summed E-state index contributed by atoms with van der Waals surface area (Å²) >= 11 is 0. The Balaban J connectivity index is 1.76. The Labute approximate surface area is 179 Å². The molecule has 8 nitrogen and oxygen atoms in total. The van der Waals surface area contributed by atoms with Crippen LogP contribution >= 0.6 is 0 Å². The Morgan fingerprint density at radius 2 is 1.74 bits per heavy atom. The second-order valence-corrected chi connectivity index (χ2v) is 8.58. The van der Waals surface area contributed by atoms with Crippen molar-refractivity contribution in [1.29, 1.82) is 0 Å². The molecule has 5 N–H and O–H groups in total. The first kappa shape index (κ1) is 20.5. The third kappa shape index (κ3) is 4.25. The summed E-state index contributed by atoms with van der Waals surface area (Å²) in [7, 11) is 0. The van der Waals surface area contributed by atoms with Crippen LogP contribution in [0.2, 0.25) is 0 Å². The zero-order chi connectivity index (χ0) is 22.2. The monoisotopic (exact) mass is 420 g/mol. The van der Waals surface area contributed by atoms with E-state index in [-0.39, 0.29) is 29.4 Å². The molecule has 0 aliphatic heterocycles. The van der Waals surface area contributed by atoms with Crippen LogP contribution < -0.4 is 16.8 Å². The Bertz CT molecular complexity index is 1220. The fourth-order valence-electron chi connectivity index (χ4n) is 3.21. The van der Waals surface area contributed by atoms with Gasteiger partial charge in [-0.15, -0.1) is 0 Å². The van der Waals surface area contributed by atoms with Gasteiger partial charge in [-0.25, -0.2) is 24.0 Å². The Morgan fingerprint density at radius 1 is 1.03 bits per heavy atom. The van der Waals surface area contributed by atoms with E-state index < -0.39 is 0 Å². The molecule has 31 heavy (non-hydrogen) atoms. The first-order valence-electron chi connectivity index (χ1n) is 9.95. The molecule has 160 valence electrons. The summed E-state index contributed by atoms with van der Waals surface area (Å²) in [5.41, 5.74) is 14.5. The third-order valence-electron chi connectivity index (χ3n) is 4.76. The molecule has 9 heteroatoms. The van der Waals surface area contributed by atoms with Gasteiger partial charge < -0.3 is 16.8 Å². The van der Waals surface area contributed by atoms with Gasteiger partial charge in [-0.3, -0.25) is 0 Å². The molecule has 0 aliphatic carbocycles. The minimum atomic E-state index is -0.303. The highest BCUT2D eigenvalue weighted by Gasteiger charge is 2.20. The number of anilines is 3. The lowest BCUT2D eigenvalue weighted by molar-refractivity contribution is 0.443. The number of fused-ring (bicyclic) bond motifs is 1. The average molecular weight is 420 g/mol. The van der Waals surface area contributed by atoms with E-state index in [2.05, 4.69) is 46.1 Å². The fourth-order valence-corrected chi connectivity index (χ4v) is 3.21. The molecule has 0 aliphatic rings. The Morgan fingerprint density at radius 3 is 2.42 bits per heavy atom. The van der Waals surface area contributed by atoms with Gasteiger partial charge in [-0.1, -0.05) is 39.0 Å². The summed E-state index contributed by atoms with van der Waals surface area (Å²) in [6, 6.07) is 10.2. The van der Waals surface area contributed by atoms with Gasteiger partial charge in [-0.05, 0) is 23.6 Å². The highest BCUT2D eigenvalue weighted by Crippen LogP contribution is 2.31. The average Bonchev–Trinajstić information content (AvgIpc) is 3.07. The lowest BCUT2D eigenvalue weighted by atomic mass is 9.97. The number of rotatable bonds is 5. The second-order valence-electron chi connectivity index (χ2n) is 8.58. The quantitative estimate of drug-likeness (QED) is 0.450. The highest BCUT2D eigenvalue weighted by atomic mass is 19.1. The molecular weight excluding hydrogens is 395 g/mol. The number of aromatic nitrogens is 5. The van der Waals surface area contributed by atoms with Crippen LogP contribution in [-0.4, -0.2) is 31.3 Å². The molecule has 3 heterocycles. The summed E-state index contributed by atoms with van der Waals surface area (Å²) in [6.45, 7) is 7.18. The van der Waals surface area contributed by atoms with E-state index in [0.717, 1.165) is 5.39 Å². The van der Waals surface area contributed by atoms with E-state index >= 15 is 0 Å². The van der Waals surface area contributed by atoms with Gasteiger partial charge in [0, 0.05) is 18.3 Å². The smallest absolute Gasteiger partial charge is 0.184 e. The van der Waals surface area contributed by atoms with Gasteiger partial charge >= 0.3 is 0 Å². The molecule has 0 unspecified atom stereocenters. The molecule has 0 fully saturated rings.